The molecular weight excluding hydrogens is 327 g/mol. The number of nitrogens with two attached hydrogens (primary N) is 1. The molecule has 0 aromatic heterocycles. The van der Waals surface area contributed by atoms with Crippen molar-refractivity contribution in [2.45, 2.75) is 12.6 Å². The van der Waals surface area contributed by atoms with Crippen LogP contribution in [0.3, 0.4) is 0 Å². The minimum Gasteiger partial charge on any atom is -0.484 e. The topological polar surface area (TPSA) is 84.7 Å². The Balaban J connectivity index is 2.31. The second kappa shape index (κ2) is 9.11. The number of nitrogens with one attached hydrogen (secondary N) is 1. The number of hydrogen-bond acceptors (Lipinski definition) is 4. The highest BCUT2D eigenvalue weighted by Crippen LogP contribution is 2.15. The fourth-order valence-electron chi connectivity index (χ4n) is 1.90. The molecule has 0 saturated carbocycles. The monoisotopic (exact) mass is 347 g/mol. The molecule has 24 heavy (non-hydrogen) atoms. The van der Waals surface area contributed by atoms with Crippen LogP contribution in [0.25, 0.3) is 0 Å². The Labute approximate surface area is 137 Å². The molecule has 0 aliphatic carbocycles. The minimum atomic E-state index is -4.23. The Morgan fingerprint density at radius 1 is 1.25 bits per heavy atom. The predicted molar refractivity (Wildman–Crippen MR) is 81.6 cm³/mol. The Kier molecular flexibility index (Phi) is 7.50. The maximum atomic E-state index is 12.1. The smallest absolute Gasteiger partial charge is 0.401 e. The molecule has 0 unspecified atom stereocenters. The lowest BCUT2D eigenvalue weighted by Gasteiger charge is -2.18. The summed E-state index contributed by atoms with van der Waals surface area (Å²) < 4.78 is 41.5. The van der Waals surface area contributed by atoms with E-state index in [-0.39, 0.29) is 25.6 Å². The van der Waals surface area contributed by atoms with E-state index in [1.54, 1.807) is 0 Å². The zero-order valence-electron chi connectivity index (χ0n) is 13.2. The molecule has 134 valence electrons. The molecule has 0 saturated heterocycles. The fourth-order valence-corrected chi connectivity index (χ4v) is 1.90. The number of alkyl halides is 3. The highest BCUT2D eigenvalue weighted by Gasteiger charge is 2.28. The van der Waals surface area contributed by atoms with Gasteiger partial charge in [-0.1, -0.05) is 0 Å². The van der Waals surface area contributed by atoms with Gasteiger partial charge in [-0.3, -0.25) is 14.5 Å². The molecule has 1 aromatic carbocycles. The van der Waals surface area contributed by atoms with Crippen LogP contribution < -0.4 is 15.8 Å². The first kappa shape index (κ1) is 19.8. The summed E-state index contributed by atoms with van der Waals surface area (Å²) in [6, 6.07) is 6.08. The maximum absolute atomic E-state index is 12.1. The van der Waals surface area contributed by atoms with Gasteiger partial charge in [0, 0.05) is 12.1 Å². The van der Waals surface area contributed by atoms with Crippen molar-refractivity contribution in [3.8, 4) is 5.75 Å². The van der Waals surface area contributed by atoms with Crippen LogP contribution in [0.4, 0.5) is 13.2 Å². The number of carbonyl (C=O) groups excluding carboxylic acids is 2. The fraction of sp³-hybridized carbons (Fsp3) is 0.467. The molecule has 6 nitrogen and oxygen atoms in total. The minimum absolute atomic E-state index is 0.222. The number of benzene rings is 1. The van der Waals surface area contributed by atoms with Crippen molar-refractivity contribution in [2.24, 2.45) is 5.73 Å². The summed E-state index contributed by atoms with van der Waals surface area (Å²) in [4.78, 5) is 23.6. The van der Waals surface area contributed by atoms with E-state index >= 15 is 0 Å². The largest absolute Gasteiger partial charge is 0.484 e. The molecular formula is C15H20F3N3O3. The third-order valence-electron chi connectivity index (χ3n) is 2.95. The predicted octanol–water partition coefficient (Wildman–Crippen LogP) is 1.16. The number of rotatable bonds is 9. The SMILES string of the molecule is CN(CCCNC(=O)c1ccc(OCC(N)=O)cc1)CC(F)(F)F. The van der Waals surface area contributed by atoms with Gasteiger partial charge in [-0.2, -0.15) is 13.2 Å². The average molecular weight is 347 g/mol. The Morgan fingerprint density at radius 3 is 2.42 bits per heavy atom. The van der Waals surface area contributed by atoms with Crippen molar-refractivity contribution in [1.29, 1.82) is 0 Å². The van der Waals surface area contributed by atoms with E-state index in [0.717, 1.165) is 4.90 Å². The first-order valence-corrected chi connectivity index (χ1v) is 7.22. The van der Waals surface area contributed by atoms with Crippen LogP contribution in [0.15, 0.2) is 24.3 Å². The van der Waals surface area contributed by atoms with Crippen molar-refractivity contribution >= 4 is 11.8 Å². The lowest BCUT2D eigenvalue weighted by atomic mass is 10.2. The molecule has 1 aromatic rings. The van der Waals surface area contributed by atoms with Crippen LogP contribution in [0.2, 0.25) is 0 Å². The molecule has 0 heterocycles. The molecule has 0 fully saturated rings. The van der Waals surface area contributed by atoms with Gasteiger partial charge in [0.2, 0.25) is 0 Å². The second-order valence-corrected chi connectivity index (χ2v) is 5.24. The standard InChI is InChI=1S/C15H20F3N3O3/c1-21(10-15(16,17)18)8-2-7-20-14(23)11-3-5-12(6-4-11)24-9-13(19)22/h3-6H,2,7-10H2,1H3,(H2,19,22)(H,20,23). The average Bonchev–Trinajstić information content (AvgIpc) is 2.48. The van der Waals surface area contributed by atoms with Gasteiger partial charge in [-0.15, -0.1) is 0 Å². The number of primary amides is 1. The molecule has 9 heteroatoms. The van der Waals surface area contributed by atoms with Crippen LogP contribution in [0, 0.1) is 0 Å². The molecule has 0 bridgehead atoms. The van der Waals surface area contributed by atoms with Gasteiger partial charge in [0.1, 0.15) is 5.75 Å². The summed E-state index contributed by atoms with van der Waals surface area (Å²) >= 11 is 0. The lowest BCUT2D eigenvalue weighted by Crippen LogP contribution is -2.33. The number of carbonyl (C=O) groups is 2. The molecule has 3 N–H and O–H groups in total. The van der Waals surface area contributed by atoms with Gasteiger partial charge in [0.15, 0.2) is 6.61 Å². The van der Waals surface area contributed by atoms with Crippen molar-refractivity contribution < 1.29 is 27.5 Å². The van der Waals surface area contributed by atoms with E-state index < -0.39 is 18.6 Å². The Bertz CT molecular complexity index is 547. The van der Waals surface area contributed by atoms with Crippen molar-refractivity contribution in [3.63, 3.8) is 0 Å². The quantitative estimate of drug-likeness (QED) is 0.657. The van der Waals surface area contributed by atoms with Gasteiger partial charge >= 0.3 is 6.18 Å². The van der Waals surface area contributed by atoms with E-state index in [0.29, 0.717) is 17.7 Å². The molecule has 2 amide bonds. The highest BCUT2D eigenvalue weighted by molar-refractivity contribution is 5.94. The number of hydrogen-bond donors (Lipinski definition) is 2. The first-order chi connectivity index (χ1) is 11.2. The molecule has 0 atom stereocenters. The van der Waals surface area contributed by atoms with E-state index in [9.17, 15) is 22.8 Å². The lowest BCUT2D eigenvalue weighted by molar-refractivity contribution is -0.143. The van der Waals surface area contributed by atoms with Crippen LogP contribution in [0.5, 0.6) is 5.75 Å². The zero-order valence-corrected chi connectivity index (χ0v) is 13.2. The van der Waals surface area contributed by atoms with E-state index in [2.05, 4.69) is 5.32 Å². The van der Waals surface area contributed by atoms with Crippen LogP contribution >= 0.6 is 0 Å². The first-order valence-electron chi connectivity index (χ1n) is 7.22. The van der Waals surface area contributed by atoms with E-state index in [4.69, 9.17) is 10.5 Å². The summed E-state index contributed by atoms with van der Waals surface area (Å²) in [5.41, 5.74) is 5.33. The van der Waals surface area contributed by atoms with Gasteiger partial charge < -0.3 is 15.8 Å². The Hall–Kier alpha value is -2.29. The molecule has 1 rings (SSSR count). The third-order valence-corrected chi connectivity index (χ3v) is 2.95. The van der Waals surface area contributed by atoms with E-state index in [1.165, 1.54) is 31.3 Å². The second-order valence-electron chi connectivity index (χ2n) is 5.24. The van der Waals surface area contributed by atoms with Crippen LogP contribution in [-0.2, 0) is 4.79 Å². The maximum Gasteiger partial charge on any atom is 0.401 e. The van der Waals surface area contributed by atoms with Crippen molar-refractivity contribution in [3.05, 3.63) is 29.8 Å². The highest BCUT2D eigenvalue weighted by atomic mass is 19.4. The molecule has 0 aliphatic rings. The number of amides is 2. The van der Waals surface area contributed by atoms with Gasteiger partial charge in [0.25, 0.3) is 11.8 Å². The normalized spacial score (nSPS) is 11.4. The summed E-state index contributed by atoms with van der Waals surface area (Å²) in [6.07, 6.45) is -3.82. The summed E-state index contributed by atoms with van der Waals surface area (Å²) in [7, 11) is 1.38. The van der Waals surface area contributed by atoms with Crippen LogP contribution in [0.1, 0.15) is 16.8 Å². The number of ether oxygens (including phenoxy) is 1. The van der Waals surface area contributed by atoms with Crippen molar-refractivity contribution in [1.82, 2.24) is 10.2 Å². The Morgan fingerprint density at radius 2 is 1.88 bits per heavy atom. The summed E-state index contributed by atoms with van der Waals surface area (Å²) in [6.45, 7) is -0.745. The van der Waals surface area contributed by atoms with Crippen molar-refractivity contribution in [2.75, 3.05) is 33.3 Å². The van der Waals surface area contributed by atoms with Gasteiger partial charge in [-0.25, -0.2) is 0 Å². The molecule has 0 spiro atoms. The number of nitrogens with zero attached hydrogens (tertiary/aromatic N) is 1. The zero-order chi connectivity index (χ0) is 18.2. The van der Waals surface area contributed by atoms with Crippen LogP contribution in [-0.4, -0.2) is 56.2 Å². The van der Waals surface area contributed by atoms with E-state index in [1.807, 2.05) is 0 Å². The third kappa shape index (κ3) is 8.37. The van der Waals surface area contributed by atoms with Gasteiger partial charge in [0.05, 0.1) is 6.54 Å². The molecule has 0 aliphatic heterocycles. The number of halogens is 3. The van der Waals surface area contributed by atoms with Gasteiger partial charge in [-0.05, 0) is 44.3 Å². The summed E-state index contributed by atoms with van der Waals surface area (Å²) in [5, 5.41) is 2.63. The summed E-state index contributed by atoms with van der Waals surface area (Å²) in [5.74, 6) is -0.540. The molecule has 0 radical (unpaired) electrons.